The highest BCUT2D eigenvalue weighted by molar-refractivity contribution is 7.09. The zero-order chi connectivity index (χ0) is 14.8. The summed E-state index contributed by atoms with van der Waals surface area (Å²) in [5.41, 5.74) is 0.775. The van der Waals surface area contributed by atoms with Gasteiger partial charge in [-0.05, 0) is 18.0 Å². The molecular formula is C14H16ClN5S. The lowest BCUT2D eigenvalue weighted by Gasteiger charge is -2.18. The summed E-state index contributed by atoms with van der Waals surface area (Å²) in [7, 11) is 1.86. The van der Waals surface area contributed by atoms with Gasteiger partial charge in [-0.3, -0.25) is 9.58 Å². The summed E-state index contributed by atoms with van der Waals surface area (Å²) in [6.45, 7) is 4.65. The first-order valence-corrected chi connectivity index (χ1v) is 8.02. The number of hydrogen-bond acceptors (Lipinski definition) is 5. The van der Waals surface area contributed by atoms with Crippen LogP contribution in [0.1, 0.15) is 17.6 Å². The van der Waals surface area contributed by atoms with Gasteiger partial charge in [-0.15, -0.1) is 11.3 Å². The van der Waals surface area contributed by atoms with Crippen molar-refractivity contribution in [1.29, 1.82) is 0 Å². The van der Waals surface area contributed by atoms with Crippen LogP contribution in [0, 0.1) is 0 Å². The molecule has 0 spiro atoms. The van der Waals surface area contributed by atoms with Gasteiger partial charge in [-0.25, -0.2) is 9.97 Å². The molecule has 0 unspecified atom stereocenters. The van der Waals surface area contributed by atoms with E-state index in [1.807, 2.05) is 7.05 Å². The molecule has 0 bridgehead atoms. The van der Waals surface area contributed by atoms with Crippen LogP contribution >= 0.6 is 22.9 Å². The summed E-state index contributed by atoms with van der Waals surface area (Å²) in [6.07, 6.45) is 1.70. The normalized spacial score (nSPS) is 11.6. The SMILES string of the molecule is CCN(Cc1nc(Cl)c2cnn(C)c2n1)Cc1cccs1. The predicted octanol–water partition coefficient (Wildman–Crippen LogP) is 3.10. The Balaban J connectivity index is 1.84. The fraction of sp³-hybridized carbons (Fsp3) is 0.357. The second kappa shape index (κ2) is 6.09. The minimum Gasteiger partial charge on any atom is -0.291 e. The van der Waals surface area contributed by atoms with Crippen molar-refractivity contribution in [3.8, 4) is 0 Å². The van der Waals surface area contributed by atoms with E-state index in [1.165, 1.54) is 4.88 Å². The van der Waals surface area contributed by atoms with Crippen LogP contribution in [-0.2, 0) is 20.1 Å². The smallest absolute Gasteiger partial charge is 0.162 e. The first-order chi connectivity index (χ1) is 10.2. The largest absolute Gasteiger partial charge is 0.291 e. The molecule has 0 atom stereocenters. The van der Waals surface area contributed by atoms with Crippen LogP contribution in [0.3, 0.4) is 0 Å². The highest BCUT2D eigenvalue weighted by Crippen LogP contribution is 2.20. The molecule has 21 heavy (non-hydrogen) atoms. The highest BCUT2D eigenvalue weighted by atomic mass is 35.5. The van der Waals surface area contributed by atoms with Gasteiger partial charge in [0.05, 0.1) is 18.1 Å². The molecule has 3 aromatic heterocycles. The van der Waals surface area contributed by atoms with Crippen molar-refractivity contribution >= 4 is 34.0 Å². The first-order valence-electron chi connectivity index (χ1n) is 6.76. The van der Waals surface area contributed by atoms with Gasteiger partial charge in [-0.1, -0.05) is 24.6 Å². The third kappa shape index (κ3) is 3.07. The first kappa shape index (κ1) is 14.4. The molecule has 3 aromatic rings. The van der Waals surface area contributed by atoms with E-state index in [0.29, 0.717) is 11.7 Å². The number of rotatable bonds is 5. The maximum atomic E-state index is 6.22. The van der Waals surface area contributed by atoms with Crippen molar-refractivity contribution in [1.82, 2.24) is 24.6 Å². The Bertz CT molecular complexity index is 737. The van der Waals surface area contributed by atoms with E-state index in [1.54, 1.807) is 22.2 Å². The highest BCUT2D eigenvalue weighted by Gasteiger charge is 2.13. The van der Waals surface area contributed by atoms with Gasteiger partial charge in [-0.2, -0.15) is 5.10 Å². The summed E-state index contributed by atoms with van der Waals surface area (Å²) in [5.74, 6) is 0.731. The molecule has 0 radical (unpaired) electrons. The van der Waals surface area contributed by atoms with Gasteiger partial charge in [0.25, 0.3) is 0 Å². The molecule has 0 amide bonds. The fourth-order valence-corrected chi connectivity index (χ4v) is 3.18. The van der Waals surface area contributed by atoms with Crippen LogP contribution < -0.4 is 0 Å². The lowest BCUT2D eigenvalue weighted by atomic mass is 10.3. The van der Waals surface area contributed by atoms with Crippen LogP contribution in [-0.4, -0.2) is 31.2 Å². The molecular weight excluding hydrogens is 306 g/mol. The van der Waals surface area contributed by atoms with Crippen LogP contribution in [0.15, 0.2) is 23.7 Å². The van der Waals surface area contributed by atoms with Gasteiger partial charge in [0.2, 0.25) is 0 Å². The summed E-state index contributed by atoms with van der Waals surface area (Å²) in [6, 6.07) is 4.22. The van der Waals surface area contributed by atoms with Gasteiger partial charge >= 0.3 is 0 Å². The molecule has 0 fully saturated rings. The van der Waals surface area contributed by atoms with Crippen molar-refractivity contribution < 1.29 is 0 Å². The summed E-state index contributed by atoms with van der Waals surface area (Å²) in [4.78, 5) is 12.6. The molecule has 0 aliphatic rings. The second-order valence-electron chi connectivity index (χ2n) is 4.82. The van der Waals surface area contributed by atoms with E-state index in [2.05, 4.69) is 44.4 Å². The van der Waals surface area contributed by atoms with E-state index in [0.717, 1.165) is 29.9 Å². The Morgan fingerprint density at radius 3 is 2.90 bits per heavy atom. The van der Waals surface area contributed by atoms with Crippen LogP contribution in [0.25, 0.3) is 11.0 Å². The van der Waals surface area contributed by atoms with Crippen LogP contribution in [0.2, 0.25) is 5.15 Å². The number of aromatic nitrogens is 4. The van der Waals surface area contributed by atoms with E-state index < -0.39 is 0 Å². The lowest BCUT2D eigenvalue weighted by Crippen LogP contribution is -2.23. The molecule has 7 heteroatoms. The molecule has 0 aliphatic heterocycles. The second-order valence-corrected chi connectivity index (χ2v) is 6.21. The molecule has 0 aromatic carbocycles. The Morgan fingerprint density at radius 1 is 1.33 bits per heavy atom. The molecule has 0 saturated carbocycles. The number of halogens is 1. The number of thiophene rings is 1. The quantitative estimate of drug-likeness (QED) is 0.677. The lowest BCUT2D eigenvalue weighted by molar-refractivity contribution is 0.267. The molecule has 0 saturated heterocycles. The minimum atomic E-state index is 0.468. The van der Waals surface area contributed by atoms with Gasteiger partial charge in [0.1, 0.15) is 11.0 Å². The predicted molar refractivity (Wildman–Crippen MR) is 85.4 cm³/mol. The van der Waals surface area contributed by atoms with Crippen molar-refractivity contribution in [2.75, 3.05) is 6.54 Å². The Kier molecular flexibility index (Phi) is 4.19. The maximum Gasteiger partial charge on any atom is 0.162 e. The summed E-state index contributed by atoms with van der Waals surface area (Å²) < 4.78 is 1.72. The number of fused-ring (bicyclic) bond motifs is 1. The third-order valence-electron chi connectivity index (χ3n) is 3.36. The topological polar surface area (TPSA) is 46.8 Å². The van der Waals surface area contributed by atoms with Crippen LogP contribution in [0.4, 0.5) is 0 Å². The van der Waals surface area contributed by atoms with Crippen molar-refractivity contribution in [3.63, 3.8) is 0 Å². The Morgan fingerprint density at radius 2 is 2.19 bits per heavy atom. The molecule has 0 N–H and O–H groups in total. The molecule has 5 nitrogen and oxygen atoms in total. The summed E-state index contributed by atoms with van der Waals surface area (Å²) in [5, 5.41) is 7.53. The van der Waals surface area contributed by atoms with Crippen LogP contribution in [0.5, 0.6) is 0 Å². The maximum absolute atomic E-state index is 6.22. The van der Waals surface area contributed by atoms with Gasteiger partial charge < -0.3 is 0 Å². The molecule has 3 rings (SSSR count). The molecule has 110 valence electrons. The Labute approximate surface area is 132 Å². The van der Waals surface area contributed by atoms with Crippen molar-refractivity contribution in [3.05, 3.63) is 39.6 Å². The van der Waals surface area contributed by atoms with Crippen molar-refractivity contribution in [2.45, 2.75) is 20.0 Å². The number of aryl methyl sites for hydroxylation is 1. The fourth-order valence-electron chi connectivity index (χ4n) is 2.20. The van der Waals surface area contributed by atoms with E-state index in [9.17, 15) is 0 Å². The van der Waals surface area contributed by atoms with E-state index >= 15 is 0 Å². The monoisotopic (exact) mass is 321 g/mol. The van der Waals surface area contributed by atoms with Gasteiger partial charge in [0.15, 0.2) is 5.65 Å². The van der Waals surface area contributed by atoms with Gasteiger partial charge in [0, 0.05) is 18.5 Å². The number of hydrogen-bond donors (Lipinski definition) is 0. The zero-order valence-electron chi connectivity index (χ0n) is 12.0. The van der Waals surface area contributed by atoms with E-state index in [4.69, 9.17) is 11.6 Å². The summed E-state index contributed by atoms with van der Waals surface area (Å²) >= 11 is 7.99. The standard InChI is InChI=1S/C14H16ClN5S/c1-3-20(8-10-5-4-6-21-10)9-12-17-13(15)11-7-16-19(2)14(11)18-12/h4-7H,3,8-9H2,1-2H3. The molecule has 0 aliphatic carbocycles. The zero-order valence-corrected chi connectivity index (χ0v) is 13.5. The average Bonchev–Trinajstić information content (AvgIpc) is 3.09. The van der Waals surface area contributed by atoms with Crippen molar-refractivity contribution in [2.24, 2.45) is 7.05 Å². The number of nitrogens with zero attached hydrogens (tertiary/aromatic N) is 5. The minimum absolute atomic E-state index is 0.468. The third-order valence-corrected chi connectivity index (χ3v) is 4.51. The van der Waals surface area contributed by atoms with E-state index in [-0.39, 0.29) is 0 Å². The Hall–Kier alpha value is -1.50. The average molecular weight is 322 g/mol. The molecule has 3 heterocycles.